The van der Waals surface area contributed by atoms with Crippen LogP contribution < -0.4 is 0 Å². The summed E-state index contributed by atoms with van der Waals surface area (Å²) >= 11 is 0. The molecule has 0 unspecified atom stereocenters. The first kappa shape index (κ1) is 21.7. The number of amides is 1. The fourth-order valence-electron chi connectivity index (χ4n) is 3.58. The number of hydrogen-bond acceptors (Lipinski definition) is 6. The molecule has 7 heteroatoms. The number of esters is 2. The van der Waals surface area contributed by atoms with Gasteiger partial charge in [-0.1, -0.05) is 37.3 Å². The van der Waals surface area contributed by atoms with E-state index >= 15 is 0 Å². The fourth-order valence-corrected chi connectivity index (χ4v) is 3.58. The largest absolute Gasteiger partial charge is 0.465 e. The summed E-state index contributed by atoms with van der Waals surface area (Å²) in [4.78, 5) is 39.0. The van der Waals surface area contributed by atoms with Gasteiger partial charge in [-0.25, -0.2) is 4.79 Å². The Morgan fingerprint density at radius 2 is 1.64 bits per heavy atom. The van der Waals surface area contributed by atoms with E-state index < -0.39 is 29.9 Å². The second-order valence-electron chi connectivity index (χ2n) is 6.78. The van der Waals surface area contributed by atoms with Gasteiger partial charge in [-0.15, -0.1) is 0 Å². The average Bonchev–Trinajstić information content (AvgIpc) is 3.17. The van der Waals surface area contributed by atoms with Gasteiger partial charge in [0.15, 0.2) is 5.92 Å². The van der Waals surface area contributed by atoms with Crippen LogP contribution in [0.15, 0.2) is 30.3 Å². The molecule has 1 aliphatic rings. The first-order valence-corrected chi connectivity index (χ1v) is 9.80. The number of ether oxygens (including phenoxy) is 3. The quantitative estimate of drug-likeness (QED) is 0.385. The molecule has 7 nitrogen and oxygen atoms in total. The van der Waals surface area contributed by atoms with Crippen LogP contribution in [0.1, 0.15) is 39.2 Å². The number of nitrogens with zero attached hydrogens (tertiary/aromatic N) is 1. The van der Waals surface area contributed by atoms with Crippen LogP contribution in [0.5, 0.6) is 0 Å². The predicted octanol–water partition coefficient (Wildman–Crippen LogP) is 3.17. The highest BCUT2D eigenvalue weighted by Gasteiger charge is 2.44. The summed E-state index contributed by atoms with van der Waals surface area (Å²) < 4.78 is 15.6. The normalized spacial score (nSPS) is 17.3. The summed E-state index contributed by atoms with van der Waals surface area (Å²) in [6, 6.07) is 9.14. The minimum Gasteiger partial charge on any atom is -0.465 e. The Morgan fingerprint density at radius 3 is 2.21 bits per heavy atom. The van der Waals surface area contributed by atoms with Crippen molar-refractivity contribution in [2.45, 2.75) is 46.3 Å². The predicted molar refractivity (Wildman–Crippen MR) is 102 cm³/mol. The van der Waals surface area contributed by atoms with Crippen LogP contribution >= 0.6 is 0 Å². The van der Waals surface area contributed by atoms with Crippen LogP contribution in [0.3, 0.4) is 0 Å². The molecular weight excluding hydrogens is 362 g/mol. The topological polar surface area (TPSA) is 82.1 Å². The minimum absolute atomic E-state index is 0.176. The zero-order valence-electron chi connectivity index (χ0n) is 16.8. The molecule has 0 aliphatic carbocycles. The molecule has 0 radical (unpaired) electrons. The molecular formula is C21H29NO6. The van der Waals surface area contributed by atoms with E-state index in [1.54, 1.807) is 25.7 Å². The van der Waals surface area contributed by atoms with Gasteiger partial charge in [0.05, 0.1) is 13.2 Å². The lowest BCUT2D eigenvalue weighted by molar-refractivity contribution is -0.165. The highest BCUT2D eigenvalue weighted by molar-refractivity contribution is 5.95. The highest BCUT2D eigenvalue weighted by Crippen LogP contribution is 2.31. The summed E-state index contributed by atoms with van der Waals surface area (Å²) in [5, 5.41) is 0. The molecule has 1 aliphatic heterocycles. The Kier molecular flexibility index (Phi) is 8.29. The van der Waals surface area contributed by atoms with Crippen molar-refractivity contribution in [1.82, 2.24) is 4.90 Å². The monoisotopic (exact) mass is 391 g/mol. The fraction of sp³-hybridized carbons (Fsp3) is 0.571. The number of rotatable bonds is 8. The van der Waals surface area contributed by atoms with Crippen molar-refractivity contribution in [3.05, 3.63) is 35.9 Å². The lowest BCUT2D eigenvalue weighted by atomic mass is 9.86. The van der Waals surface area contributed by atoms with Crippen molar-refractivity contribution in [3.63, 3.8) is 0 Å². The molecule has 2 rings (SSSR count). The van der Waals surface area contributed by atoms with Crippen LogP contribution in [0.2, 0.25) is 0 Å². The average molecular weight is 391 g/mol. The maximum Gasteiger partial charge on any atom is 0.410 e. The molecule has 2 atom stereocenters. The zero-order chi connectivity index (χ0) is 20.5. The van der Waals surface area contributed by atoms with E-state index in [0.29, 0.717) is 13.0 Å². The maximum absolute atomic E-state index is 12.6. The molecule has 1 saturated heterocycles. The Balaban J connectivity index is 2.07. The summed E-state index contributed by atoms with van der Waals surface area (Å²) in [7, 11) is 0. The van der Waals surface area contributed by atoms with Crippen molar-refractivity contribution in [1.29, 1.82) is 0 Å². The Labute approximate surface area is 165 Å². The third-order valence-corrected chi connectivity index (χ3v) is 4.95. The third-order valence-electron chi connectivity index (χ3n) is 4.95. The number of likely N-dealkylation sites (tertiary alicyclic amines) is 1. The second kappa shape index (κ2) is 10.7. The molecule has 0 spiro atoms. The van der Waals surface area contributed by atoms with Gasteiger partial charge in [-0.3, -0.25) is 9.59 Å². The molecule has 0 saturated carbocycles. The lowest BCUT2D eigenvalue weighted by Crippen LogP contribution is -2.46. The van der Waals surface area contributed by atoms with E-state index in [1.807, 2.05) is 30.3 Å². The summed E-state index contributed by atoms with van der Waals surface area (Å²) in [5.41, 5.74) is 0.899. The molecule has 0 bridgehead atoms. The standard InChI is InChI=1S/C21H29NO6/c1-4-26-19(23)18(20(24)27-5-2)15(3)17-12-9-13-22(17)21(25)28-14-16-10-7-6-8-11-16/h6-8,10-11,15,17-18H,4-5,9,12-14H2,1-3H3/t15-,17+/m0/s1. The molecule has 1 aromatic rings. The molecule has 154 valence electrons. The molecule has 0 aromatic heterocycles. The van der Waals surface area contributed by atoms with Gasteiger partial charge < -0.3 is 19.1 Å². The highest BCUT2D eigenvalue weighted by atomic mass is 16.6. The maximum atomic E-state index is 12.6. The number of hydrogen-bond donors (Lipinski definition) is 0. The van der Waals surface area contributed by atoms with E-state index in [-0.39, 0.29) is 25.9 Å². The van der Waals surface area contributed by atoms with Crippen LogP contribution in [-0.4, -0.2) is 48.7 Å². The molecule has 1 heterocycles. The second-order valence-corrected chi connectivity index (χ2v) is 6.78. The van der Waals surface area contributed by atoms with E-state index in [9.17, 15) is 14.4 Å². The van der Waals surface area contributed by atoms with Gasteiger partial charge in [-0.2, -0.15) is 0 Å². The van der Waals surface area contributed by atoms with Crippen molar-refractivity contribution in [2.24, 2.45) is 11.8 Å². The number of carbonyl (C=O) groups excluding carboxylic acids is 3. The van der Waals surface area contributed by atoms with E-state index in [2.05, 4.69) is 0 Å². The Morgan fingerprint density at radius 1 is 1.04 bits per heavy atom. The smallest absolute Gasteiger partial charge is 0.410 e. The molecule has 1 fully saturated rings. The van der Waals surface area contributed by atoms with Crippen molar-refractivity contribution < 1.29 is 28.6 Å². The van der Waals surface area contributed by atoms with Gasteiger partial charge in [0.2, 0.25) is 0 Å². The van der Waals surface area contributed by atoms with Gasteiger partial charge in [0.25, 0.3) is 0 Å². The van der Waals surface area contributed by atoms with E-state index in [0.717, 1.165) is 12.0 Å². The minimum atomic E-state index is -1.06. The SMILES string of the molecule is CCOC(=O)C(C(=O)OCC)[C@@H](C)[C@H]1CCCN1C(=O)OCc1ccccc1. The number of carbonyl (C=O) groups is 3. The van der Waals surface area contributed by atoms with Crippen LogP contribution in [0, 0.1) is 11.8 Å². The Hall–Kier alpha value is -2.57. The van der Waals surface area contributed by atoms with Crippen molar-refractivity contribution >= 4 is 18.0 Å². The summed E-state index contributed by atoms with van der Waals surface area (Å²) in [6.07, 6.45) is 1.04. The first-order valence-electron chi connectivity index (χ1n) is 9.80. The summed E-state index contributed by atoms with van der Waals surface area (Å²) in [5.74, 6) is -2.73. The van der Waals surface area contributed by atoms with Crippen molar-refractivity contribution in [3.8, 4) is 0 Å². The summed E-state index contributed by atoms with van der Waals surface area (Å²) in [6.45, 7) is 6.22. The van der Waals surface area contributed by atoms with Gasteiger partial charge in [0, 0.05) is 18.5 Å². The lowest BCUT2D eigenvalue weighted by Gasteiger charge is -2.32. The third kappa shape index (κ3) is 5.47. The van der Waals surface area contributed by atoms with Crippen LogP contribution in [0.4, 0.5) is 4.79 Å². The van der Waals surface area contributed by atoms with Crippen LogP contribution in [-0.2, 0) is 30.4 Å². The first-order chi connectivity index (χ1) is 13.5. The van der Waals surface area contributed by atoms with Gasteiger partial charge in [-0.05, 0) is 32.3 Å². The van der Waals surface area contributed by atoms with Gasteiger partial charge in [0.1, 0.15) is 6.61 Å². The molecule has 1 aromatic carbocycles. The molecule has 1 amide bonds. The van der Waals surface area contributed by atoms with Crippen molar-refractivity contribution in [2.75, 3.05) is 19.8 Å². The van der Waals surface area contributed by atoms with E-state index in [1.165, 1.54) is 0 Å². The van der Waals surface area contributed by atoms with Gasteiger partial charge >= 0.3 is 18.0 Å². The molecule has 0 N–H and O–H groups in total. The van der Waals surface area contributed by atoms with Crippen LogP contribution in [0.25, 0.3) is 0 Å². The number of benzene rings is 1. The molecule has 28 heavy (non-hydrogen) atoms. The zero-order valence-corrected chi connectivity index (χ0v) is 16.8. The van der Waals surface area contributed by atoms with E-state index in [4.69, 9.17) is 14.2 Å². The Bertz CT molecular complexity index is 644.